The zero-order valence-corrected chi connectivity index (χ0v) is 16.8. The highest BCUT2D eigenvalue weighted by atomic mass is 79.9. The average Bonchev–Trinajstić information content (AvgIpc) is 3.04. The van der Waals surface area contributed by atoms with E-state index in [9.17, 15) is 14.0 Å². The topological polar surface area (TPSA) is 86.9 Å². The molecule has 0 aliphatic carbocycles. The molecule has 0 spiro atoms. The molecule has 0 atom stereocenters. The van der Waals surface area contributed by atoms with Gasteiger partial charge in [0.05, 0.1) is 10.2 Å². The minimum atomic E-state index is -0.441. The molecule has 0 fully saturated rings. The van der Waals surface area contributed by atoms with Crippen LogP contribution in [0.4, 0.5) is 15.8 Å². The van der Waals surface area contributed by atoms with Crippen LogP contribution >= 0.6 is 15.9 Å². The number of aromatic nitrogens is 2. The van der Waals surface area contributed by atoms with Crippen molar-refractivity contribution in [3.05, 3.63) is 75.8 Å². The van der Waals surface area contributed by atoms with Crippen LogP contribution in [0.2, 0.25) is 0 Å². The van der Waals surface area contributed by atoms with Crippen LogP contribution in [-0.4, -0.2) is 22.0 Å². The number of benzene rings is 2. The number of nitrogens with one attached hydrogen (secondary N) is 3. The molecule has 28 heavy (non-hydrogen) atoms. The molecule has 2 amide bonds. The Morgan fingerprint density at radius 1 is 1.04 bits per heavy atom. The van der Waals surface area contributed by atoms with E-state index in [1.807, 2.05) is 13.8 Å². The van der Waals surface area contributed by atoms with Gasteiger partial charge < -0.3 is 10.6 Å². The molecular weight excluding hydrogens is 427 g/mol. The van der Waals surface area contributed by atoms with Crippen molar-refractivity contribution in [3.8, 4) is 0 Å². The van der Waals surface area contributed by atoms with Gasteiger partial charge in [0.25, 0.3) is 11.8 Å². The van der Waals surface area contributed by atoms with Gasteiger partial charge in [0.1, 0.15) is 5.82 Å². The van der Waals surface area contributed by atoms with Gasteiger partial charge in [-0.25, -0.2) is 4.39 Å². The molecule has 3 aromatic rings. The van der Waals surface area contributed by atoms with Crippen LogP contribution in [0.5, 0.6) is 0 Å². The van der Waals surface area contributed by atoms with E-state index in [1.165, 1.54) is 24.3 Å². The summed E-state index contributed by atoms with van der Waals surface area (Å²) in [5.41, 5.74) is 2.18. The first kappa shape index (κ1) is 19.8. The standard InChI is InChI=1S/C20H18BrFN4O2/c1-11(2)17-16(21)18(26-25-17)20(28)24-14-7-3-5-12(9-14)19(27)23-15-8-4-6-13(22)10-15/h3-11H,1-2H3,(H,23,27)(H,24,28)(H,25,26). The number of aromatic amines is 1. The lowest BCUT2D eigenvalue weighted by molar-refractivity contribution is 0.101. The summed E-state index contributed by atoms with van der Waals surface area (Å²) in [6.45, 7) is 3.97. The highest BCUT2D eigenvalue weighted by Crippen LogP contribution is 2.26. The van der Waals surface area contributed by atoms with Crippen molar-refractivity contribution in [1.29, 1.82) is 0 Å². The van der Waals surface area contributed by atoms with E-state index < -0.39 is 17.6 Å². The fraction of sp³-hybridized carbons (Fsp3) is 0.150. The Morgan fingerprint density at radius 2 is 1.68 bits per heavy atom. The SMILES string of the molecule is CC(C)c1[nH]nc(C(=O)Nc2cccc(C(=O)Nc3cccc(F)c3)c2)c1Br. The Balaban J connectivity index is 1.74. The predicted molar refractivity (Wildman–Crippen MR) is 109 cm³/mol. The van der Waals surface area contributed by atoms with Crippen molar-refractivity contribution in [2.45, 2.75) is 19.8 Å². The van der Waals surface area contributed by atoms with Crippen molar-refractivity contribution in [1.82, 2.24) is 10.2 Å². The molecule has 0 unspecified atom stereocenters. The molecule has 0 aliphatic heterocycles. The molecule has 6 nitrogen and oxygen atoms in total. The third-order valence-corrected chi connectivity index (χ3v) is 4.79. The van der Waals surface area contributed by atoms with Gasteiger partial charge in [0.15, 0.2) is 5.69 Å². The molecule has 3 rings (SSSR count). The van der Waals surface area contributed by atoms with Gasteiger partial charge >= 0.3 is 0 Å². The minimum Gasteiger partial charge on any atom is -0.322 e. The first-order chi connectivity index (χ1) is 13.3. The number of hydrogen-bond acceptors (Lipinski definition) is 3. The molecule has 3 N–H and O–H groups in total. The maximum Gasteiger partial charge on any atom is 0.277 e. The molecule has 1 heterocycles. The lowest BCUT2D eigenvalue weighted by Gasteiger charge is -2.08. The quantitative estimate of drug-likeness (QED) is 0.520. The van der Waals surface area contributed by atoms with Gasteiger partial charge in [-0.1, -0.05) is 26.0 Å². The fourth-order valence-corrected chi connectivity index (χ4v) is 3.39. The lowest BCUT2D eigenvalue weighted by Crippen LogP contribution is -2.15. The average molecular weight is 445 g/mol. The Hall–Kier alpha value is -3.00. The van der Waals surface area contributed by atoms with Gasteiger partial charge in [-0.15, -0.1) is 0 Å². The Kier molecular flexibility index (Phi) is 5.89. The largest absolute Gasteiger partial charge is 0.322 e. The monoisotopic (exact) mass is 444 g/mol. The summed E-state index contributed by atoms with van der Waals surface area (Å²) in [7, 11) is 0. The molecule has 1 aromatic heterocycles. The molecule has 0 radical (unpaired) electrons. The fourth-order valence-electron chi connectivity index (χ4n) is 2.57. The van der Waals surface area contributed by atoms with Gasteiger partial charge in [0.2, 0.25) is 0 Å². The molecule has 144 valence electrons. The number of H-pyrrole nitrogens is 1. The van der Waals surface area contributed by atoms with E-state index in [2.05, 4.69) is 36.8 Å². The van der Waals surface area contributed by atoms with E-state index in [4.69, 9.17) is 0 Å². The highest BCUT2D eigenvalue weighted by Gasteiger charge is 2.19. The van der Waals surface area contributed by atoms with Gasteiger partial charge in [-0.2, -0.15) is 5.10 Å². The molecular formula is C20H18BrFN4O2. The number of rotatable bonds is 5. The molecule has 2 aromatic carbocycles. The number of hydrogen-bond donors (Lipinski definition) is 3. The number of nitrogens with zero attached hydrogens (tertiary/aromatic N) is 1. The summed E-state index contributed by atoms with van der Waals surface area (Å²) >= 11 is 3.40. The van der Waals surface area contributed by atoms with Crippen molar-refractivity contribution in [2.75, 3.05) is 10.6 Å². The minimum absolute atomic E-state index is 0.179. The second-order valence-electron chi connectivity index (χ2n) is 6.45. The van der Waals surface area contributed by atoms with Crippen LogP contribution in [0.3, 0.4) is 0 Å². The van der Waals surface area contributed by atoms with E-state index in [0.29, 0.717) is 21.4 Å². The van der Waals surface area contributed by atoms with E-state index in [1.54, 1.807) is 24.3 Å². The molecule has 0 bridgehead atoms. The maximum atomic E-state index is 13.3. The lowest BCUT2D eigenvalue weighted by atomic mass is 10.1. The smallest absolute Gasteiger partial charge is 0.277 e. The van der Waals surface area contributed by atoms with Crippen molar-refractivity contribution in [2.24, 2.45) is 0 Å². The summed E-state index contributed by atoms with van der Waals surface area (Å²) in [4.78, 5) is 24.9. The summed E-state index contributed by atoms with van der Waals surface area (Å²) in [6.07, 6.45) is 0. The van der Waals surface area contributed by atoms with Gasteiger partial charge in [-0.3, -0.25) is 14.7 Å². The zero-order valence-electron chi connectivity index (χ0n) is 15.2. The third kappa shape index (κ3) is 4.45. The van der Waals surface area contributed by atoms with Crippen LogP contribution in [0.15, 0.2) is 53.0 Å². The first-order valence-corrected chi connectivity index (χ1v) is 9.36. The highest BCUT2D eigenvalue weighted by molar-refractivity contribution is 9.10. The van der Waals surface area contributed by atoms with E-state index in [0.717, 1.165) is 5.69 Å². The number of anilines is 2. The summed E-state index contributed by atoms with van der Waals surface area (Å²) in [5.74, 6) is -1.08. The predicted octanol–water partition coefficient (Wildman–Crippen LogP) is 4.94. The Bertz CT molecular complexity index is 1030. The summed E-state index contributed by atoms with van der Waals surface area (Å²) < 4.78 is 13.9. The Morgan fingerprint density at radius 3 is 2.32 bits per heavy atom. The van der Waals surface area contributed by atoms with Gasteiger partial charge in [0, 0.05) is 16.9 Å². The first-order valence-electron chi connectivity index (χ1n) is 8.57. The third-order valence-electron chi connectivity index (χ3n) is 3.99. The number of carbonyl (C=O) groups excluding carboxylic acids is 2. The van der Waals surface area contributed by atoms with Crippen molar-refractivity contribution < 1.29 is 14.0 Å². The normalized spacial score (nSPS) is 10.8. The molecule has 0 saturated carbocycles. The number of halogens is 2. The second kappa shape index (κ2) is 8.35. The maximum absolute atomic E-state index is 13.3. The molecule has 8 heteroatoms. The van der Waals surface area contributed by atoms with Crippen molar-refractivity contribution >= 4 is 39.1 Å². The molecule has 0 saturated heterocycles. The van der Waals surface area contributed by atoms with Crippen LogP contribution in [0.1, 0.15) is 46.3 Å². The van der Waals surface area contributed by atoms with E-state index in [-0.39, 0.29) is 11.6 Å². The second-order valence-corrected chi connectivity index (χ2v) is 7.25. The zero-order chi connectivity index (χ0) is 20.3. The number of amides is 2. The number of carbonyl (C=O) groups is 2. The van der Waals surface area contributed by atoms with E-state index >= 15 is 0 Å². The van der Waals surface area contributed by atoms with Crippen molar-refractivity contribution in [3.63, 3.8) is 0 Å². The Labute approximate surface area is 169 Å². The van der Waals surface area contributed by atoms with Crippen LogP contribution < -0.4 is 10.6 Å². The van der Waals surface area contributed by atoms with Crippen LogP contribution in [0.25, 0.3) is 0 Å². The summed E-state index contributed by atoms with van der Waals surface area (Å²) in [6, 6.07) is 12.1. The molecule has 0 aliphatic rings. The summed E-state index contributed by atoms with van der Waals surface area (Å²) in [5, 5.41) is 12.3. The van der Waals surface area contributed by atoms with Crippen LogP contribution in [-0.2, 0) is 0 Å². The van der Waals surface area contributed by atoms with Gasteiger partial charge in [-0.05, 0) is 58.2 Å². The van der Waals surface area contributed by atoms with Crippen LogP contribution in [0, 0.1) is 5.82 Å².